The molecule has 10 heteroatoms. The molecule has 1 rings (SSSR count). The van der Waals surface area contributed by atoms with Crippen LogP contribution in [0.1, 0.15) is 13.8 Å². The molecule has 1 saturated heterocycles. The van der Waals surface area contributed by atoms with Gasteiger partial charge in [0.2, 0.25) is 0 Å². The van der Waals surface area contributed by atoms with Crippen LogP contribution in [0.4, 0.5) is 13.2 Å². The van der Waals surface area contributed by atoms with Gasteiger partial charge in [0.05, 0.1) is 31.9 Å². The van der Waals surface area contributed by atoms with Gasteiger partial charge in [-0.3, -0.25) is 14.8 Å². The third kappa shape index (κ3) is 10.8. The number of nitrogens with zero attached hydrogens (tertiary/aromatic N) is 3. The van der Waals surface area contributed by atoms with Gasteiger partial charge in [-0.05, 0) is 20.9 Å². The summed E-state index contributed by atoms with van der Waals surface area (Å²) in [5.74, 6) is 0.482. The largest absolute Gasteiger partial charge is 0.401 e. The summed E-state index contributed by atoms with van der Waals surface area (Å²) < 4.78 is 42.3. The highest BCUT2D eigenvalue weighted by molar-refractivity contribution is 5.79. The minimum absolute atomic E-state index is 0.193. The summed E-state index contributed by atoms with van der Waals surface area (Å²) in [7, 11) is 1.42. The zero-order chi connectivity index (χ0) is 19.6. The number of morpholine rings is 1. The van der Waals surface area contributed by atoms with Crippen LogP contribution in [-0.4, -0.2) is 105 Å². The molecule has 0 aromatic rings. The minimum Gasteiger partial charge on any atom is -0.387 e. The summed E-state index contributed by atoms with van der Waals surface area (Å²) in [6.07, 6.45) is -4.20. The Hall–Kier alpha value is -1.10. The van der Waals surface area contributed by atoms with Gasteiger partial charge in [-0.25, -0.2) is 0 Å². The lowest BCUT2D eigenvalue weighted by Gasteiger charge is -2.33. The van der Waals surface area contributed by atoms with E-state index in [1.807, 2.05) is 6.92 Å². The maximum absolute atomic E-state index is 12.3. The van der Waals surface area contributed by atoms with Crippen molar-refractivity contribution in [1.82, 2.24) is 20.4 Å². The first-order chi connectivity index (χ1) is 12.1. The lowest BCUT2D eigenvalue weighted by atomic mass is 10.1. The fraction of sp³-hybridized carbons (Fsp3) is 0.938. The van der Waals surface area contributed by atoms with Gasteiger partial charge >= 0.3 is 6.18 Å². The van der Waals surface area contributed by atoms with E-state index in [-0.39, 0.29) is 13.1 Å². The lowest BCUT2D eigenvalue weighted by Crippen LogP contribution is -2.48. The Bertz CT molecular complexity index is 427. The third-order valence-corrected chi connectivity index (χ3v) is 3.83. The second-order valence-electron chi connectivity index (χ2n) is 6.86. The zero-order valence-electron chi connectivity index (χ0n) is 15.9. The van der Waals surface area contributed by atoms with Gasteiger partial charge in [0.25, 0.3) is 0 Å². The van der Waals surface area contributed by atoms with E-state index >= 15 is 0 Å². The maximum atomic E-state index is 12.3. The topological polar surface area (TPSA) is 72.4 Å². The number of rotatable bonds is 9. The SMILES string of the molecule is CCNC(=NCC(C)(O)CN1CCOCC1)NCCN(C)CC(F)(F)F. The third-order valence-electron chi connectivity index (χ3n) is 3.83. The number of halogens is 3. The molecule has 0 aromatic carbocycles. The summed E-state index contributed by atoms with van der Waals surface area (Å²) in [6, 6.07) is 0. The lowest BCUT2D eigenvalue weighted by molar-refractivity contribution is -0.142. The van der Waals surface area contributed by atoms with Crippen molar-refractivity contribution in [2.24, 2.45) is 4.99 Å². The number of aliphatic hydroxyl groups is 1. The monoisotopic (exact) mass is 383 g/mol. The Morgan fingerprint density at radius 2 is 1.92 bits per heavy atom. The van der Waals surface area contributed by atoms with Crippen LogP contribution in [-0.2, 0) is 4.74 Å². The Balaban J connectivity index is 2.43. The molecule has 0 bridgehead atoms. The fourth-order valence-corrected chi connectivity index (χ4v) is 2.63. The van der Waals surface area contributed by atoms with Crippen molar-refractivity contribution < 1.29 is 23.0 Å². The average molecular weight is 383 g/mol. The molecule has 0 amide bonds. The Morgan fingerprint density at radius 1 is 1.27 bits per heavy atom. The molecule has 0 radical (unpaired) electrons. The average Bonchev–Trinajstić information content (AvgIpc) is 2.51. The molecule has 0 spiro atoms. The molecule has 1 unspecified atom stereocenters. The molecule has 1 fully saturated rings. The van der Waals surface area contributed by atoms with E-state index in [4.69, 9.17) is 4.74 Å². The quantitative estimate of drug-likeness (QED) is 0.388. The first kappa shape index (κ1) is 22.9. The van der Waals surface area contributed by atoms with E-state index in [9.17, 15) is 18.3 Å². The van der Waals surface area contributed by atoms with Crippen molar-refractivity contribution in [3.8, 4) is 0 Å². The number of hydrogen-bond acceptors (Lipinski definition) is 5. The van der Waals surface area contributed by atoms with Crippen molar-refractivity contribution in [1.29, 1.82) is 0 Å². The highest BCUT2D eigenvalue weighted by Gasteiger charge is 2.29. The molecule has 0 aliphatic carbocycles. The Kier molecular flexibility index (Phi) is 9.62. The van der Waals surface area contributed by atoms with Gasteiger partial charge in [0.1, 0.15) is 0 Å². The number of aliphatic imine (C=N–C) groups is 1. The Labute approximate surface area is 153 Å². The molecule has 1 atom stereocenters. The van der Waals surface area contributed by atoms with Crippen molar-refractivity contribution >= 4 is 5.96 Å². The van der Waals surface area contributed by atoms with E-state index in [1.54, 1.807) is 6.92 Å². The summed E-state index contributed by atoms with van der Waals surface area (Å²) in [5.41, 5.74) is -0.993. The highest BCUT2D eigenvalue weighted by Crippen LogP contribution is 2.15. The first-order valence-corrected chi connectivity index (χ1v) is 8.91. The molecule has 0 saturated carbocycles. The number of alkyl halides is 3. The van der Waals surface area contributed by atoms with Gasteiger partial charge in [-0.1, -0.05) is 0 Å². The van der Waals surface area contributed by atoms with Gasteiger partial charge in [0, 0.05) is 39.3 Å². The summed E-state index contributed by atoms with van der Waals surface area (Å²) in [5, 5.41) is 16.6. The molecule has 1 heterocycles. The van der Waals surface area contributed by atoms with Gasteiger partial charge < -0.3 is 20.5 Å². The van der Waals surface area contributed by atoms with Crippen molar-refractivity contribution in [2.45, 2.75) is 25.6 Å². The zero-order valence-corrected chi connectivity index (χ0v) is 15.9. The molecular formula is C16H32F3N5O2. The molecule has 7 nitrogen and oxygen atoms in total. The fourth-order valence-electron chi connectivity index (χ4n) is 2.63. The summed E-state index contributed by atoms with van der Waals surface area (Å²) in [4.78, 5) is 7.70. The van der Waals surface area contributed by atoms with Crippen molar-refractivity contribution in [2.75, 3.05) is 72.6 Å². The predicted molar refractivity (Wildman–Crippen MR) is 95.4 cm³/mol. The van der Waals surface area contributed by atoms with Gasteiger partial charge in [-0.2, -0.15) is 13.2 Å². The molecule has 154 valence electrons. The molecule has 26 heavy (non-hydrogen) atoms. The van der Waals surface area contributed by atoms with Crippen LogP contribution in [0.5, 0.6) is 0 Å². The number of likely N-dealkylation sites (N-methyl/N-ethyl adjacent to an activating group) is 1. The molecule has 1 aliphatic rings. The normalized spacial score (nSPS) is 19.5. The van der Waals surface area contributed by atoms with E-state index in [0.29, 0.717) is 38.8 Å². The first-order valence-electron chi connectivity index (χ1n) is 8.91. The van der Waals surface area contributed by atoms with Crippen molar-refractivity contribution in [3.05, 3.63) is 0 Å². The predicted octanol–water partition coefficient (Wildman–Crippen LogP) is 0.119. The van der Waals surface area contributed by atoms with E-state index in [1.165, 1.54) is 11.9 Å². The van der Waals surface area contributed by atoms with E-state index in [2.05, 4.69) is 20.5 Å². The maximum Gasteiger partial charge on any atom is 0.401 e. The van der Waals surface area contributed by atoms with Crippen LogP contribution in [0.25, 0.3) is 0 Å². The number of β-amino-alcohol motifs (C(OH)–C–C–N with tert-alkyl or cyclic N) is 1. The van der Waals surface area contributed by atoms with Crippen LogP contribution in [0.2, 0.25) is 0 Å². The van der Waals surface area contributed by atoms with E-state index in [0.717, 1.165) is 13.1 Å². The van der Waals surface area contributed by atoms with Crippen molar-refractivity contribution in [3.63, 3.8) is 0 Å². The van der Waals surface area contributed by atoms with Crippen LogP contribution < -0.4 is 10.6 Å². The summed E-state index contributed by atoms with van der Waals surface area (Å²) in [6.45, 7) is 7.43. The number of ether oxygens (including phenoxy) is 1. The number of guanidine groups is 1. The second kappa shape index (κ2) is 10.9. The second-order valence-corrected chi connectivity index (χ2v) is 6.86. The Morgan fingerprint density at radius 3 is 2.50 bits per heavy atom. The smallest absolute Gasteiger partial charge is 0.387 e. The number of nitrogens with one attached hydrogen (secondary N) is 2. The molecule has 1 aliphatic heterocycles. The van der Waals surface area contributed by atoms with Crippen LogP contribution in [0, 0.1) is 0 Å². The van der Waals surface area contributed by atoms with Crippen LogP contribution in [0.3, 0.4) is 0 Å². The van der Waals surface area contributed by atoms with Gasteiger partial charge in [0.15, 0.2) is 5.96 Å². The molecule has 0 aromatic heterocycles. The molecular weight excluding hydrogens is 351 g/mol. The van der Waals surface area contributed by atoms with Crippen LogP contribution >= 0.6 is 0 Å². The van der Waals surface area contributed by atoms with Gasteiger partial charge in [-0.15, -0.1) is 0 Å². The molecule has 3 N–H and O–H groups in total. The highest BCUT2D eigenvalue weighted by atomic mass is 19.4. The standard InChI is InChI=1S/C16H32F3N5O2/c1-4-20-14(21-5-6-23(3)13-16(17,18)19)22-11-15(2,25)12-24-7-9-26-10-8-24/h25H,4-13H2,1-3H3,(H2,20,21,22). The summed E-state index contributed by atoms with van der Waals surface area (Å²) >= 11 is 0. The van der Waals surface area contributed by atoms with Crippen LogP contribution in [0.15, 0.2) is 4.99 Å². The number of hydrogen-bond donors (Lipinski definition) is 3. The van der Waals surface area contributed by atoms with E-state index < -0.39 is 18.3 Å². The minimum atomic E-state index is -4.20.